The Bertz CT molecular complexity index is 733. The first-order valence-electron chi connectivity index (χ1n) is 5.70. The molecule has 8 heteroatoms. The molecular formula is C11H10N6OS. The Balaban J connectivity index is 1.87. The highest BCUT2D eigenvalue weighted by Crippen LogP contribution is 2.17. The summed E-state index contributed by atoms with van der Waals surface area (Å²) in [7, 11) is 0. The molecule has 0 unspecified atom stereocenters. The van der Waals surface area contributed by atoms with Crippen LogP contribution in [0.25, 0.3) is 5.65 Å². The van der Waals surface area contributed by atoms with Crippen molar-refractivity contribution in [2.24, 2.45) is 0 Å². The molecule has 0 aliphatic rings. The van der Waals surface area contributed by atoms with Crippen LogP contribution in [0.3, 0.4) is 0 Å². The van der Waals surface area contributed by atoms with Crippen LogP contribution >= 0.6 is 11.3 Å². The largest absolute Gasteiger partial charge is 0.296 e. The van der Waals surface area contributed by atoms with Gasteiger partial charge in [0.2, 0.25) is 5.13 Å². The van der Waals surface area contributed by atoms with Crippen LogP contribution in [0.5, 0.6) is 0 Å². The van der Waals surface area contributed by atoms with Crippen molar-refractivity contribution in [3.8, 4) is 0 Å². The smallest absolute Gasteiger partial charge is 0.262 e. The van der Waals surface area contributed by atoms with Gasteiger partial charge in [-0.15, -0.1) is 10.2 Å². The van der Waals surface area contributed by atoms with Gasteiger partial charge in [-0.05, 0) is 12.5 Å². The third-order valence-electron chi connectivity index (χ3n) is 2.51. The van der Waals surface area contributed by atoms with Gasteiger partial charge in [0.25, 0.3) is 5.91 Å². The molecule has 96 valence electrons. The fourth-order valence-corrected chi connectivity index (χ4v) is 2.27. The van der Waals surface area contributed by atoms with E-state index >= 15 is 0 Å². The van der Waals surface area contributed by atoms with E-state index in [1.165, 1.54) is 17.5 Å². The summed E-state index contributed by atoms with van der Waals surface area (Å²) in [5.74, 6) is -0.285. The lowest BCUT2D eigenvalue weighted by Crippen LogP contribution is -2.11. The Kier molecular flexibility index (Phi) is 2.92. The van der Waals surface area contributed by atoms with Crippen LogP contribution in [0.4, 0.5) is 5.13 Å². The summed E-state index contributed by atoms with van der Waals surface area (Å²) < 4.78 is 1.55. The summed E-state index contributed by atoms with van der Waals surface area (Å²) in [6.45, 7) is 1.99. The van der Waals surface area contributed by atoms with Crippen LogP contribution in [0, 0.1) is 0 Å². The molecular weight excluding hydrogens is 264 g/mol. The van der Waals surface area contributed by atoms with Crippen molar-refractivity contribution in [3.63, 3.8) is 0 Å². The van der Waals surface area contributed by atoms with Crippen molar-refractivity contribution in [1.82, 2.24) is 24.8 Å². The minimum Gasteiger partial charge on any atom is -0.296 e. The Morgan fingerprint density at radius 2 is 2.37 bits per heavy atom. The summed E-state index contributed by atoms with van der Waals surface area (Å²) in [5, 5.41) is 16.0. The minimum absolute atomic E-state index is 0.285. The van der Waals surface area contributed by atoms with E-state index in [2.05, 4.69) is 25.6 Å². The van der Waals surface area contributed by atoms with Gasteiger partial charge in [-0.2, -0.15) is 5.10 Å². The maximum Gasteiger partial charge on any atom is 0.262 e. The first-order valence-corrected chi connectivity index (χ1v) is 6.51. The van der Waals surface area contributed by atoms with Gasteiger partial charge >= 0.3 is 0 Å². The van der Waals surface area contributed by atoms with Crippen molar-refractivity contribution in [2.45, 2.75) is 13.3 Å². The predicted molar refractivity (Wildman–Crippen MR) is 70.2 cm³/mol. The lowest BCUT2D eigenvalue weighted by Gasteiger charge is -1.98. The van der Waals surface area contributed by atoms with E-state index < -0.39 is 0 Å². The summed E-state index contributed by atoms with van der Waals surface area (Å²) in [5.41, 5.74) is 0.925. The van der Waals surface area contributed by atoms with Gasteiger partial charge in [0.15, 0.2) is 5.65 Å². The molecule has 19 heavy (non-hydrogen) atoms. The van der Waals surface area contributed by atoms with Crippen molar-refractivity contribution in [3.05, 3.63) is 35.2 Å². The number of nitrogens with one attached hydrogen (secondary N) is 1. The summed E-state index contributed by atoms with van der Waals surface area (Å²) in [6, 6.07) is 1.75. The minimum atomic E-state index is -0.285. The molecule has 0 spiro atoms. The average molecular weight is 274 g/mol. The number of carbonyl (C=O) groups excluding carboxylic acids is 1. The Morgan fingerprint density at radius 3 is 3.16 bits per heavy atom. The monoisotopic (exact) mass is 274 g/mol. The summed E-state index contributed by atoms with van der Waals surface area (Å²) in [6.07, 6.45) is 5.64. The highest BCUT2D eigenvalue weighted by atomic mass is 32.1. The molecule has 3 heterocycles. The van der Waals surface area contributed by atoms with Crippen LogP contribution in [-0.2, 0) is 6.42 Å². The number of nitrogens with zero attached hydrogens (tertiary/aromatic N) is 5. The first kappa shape index (κ1) is 11.7. The maximum absolute atomic E-state index is 12.1. The lowest BCUT2D eigenvalue weighted by molar-refractivity contribution is 0.102. The third-order valence-corrected chi connectivity index (χ3v) is 3.50. The molecule has 7 nitrogen and oxygen atoms in total. The zero-order chi connectivity index (χ0) is 13.2. The fraction of sp³-hybridized carbons (Fsp3) is 0.182. The first-order chi connectivity index (χ1) is 9.28. The number of fused-ring (bicyclic) bond motifs is 1. The van der Waals surface area contributed by atoms with Gasteiger partial charge in [-0.1, -0.05) is 18.3 Å². The van der Waals surface area contributed by atoms with E-state index in [-0.39, 0.29) is 5.91 Å². The van der Waals surface area contributed by atoms with E-state index in [9.17, 15) is 4.79 Å². The number of anilines is 1. The normalized spacial score (nSPS) is 10.8. The number of hydrogen-bond acceptors (Lipinski definition) is 6. The van der Waals surface area contributed by atoms with Crippen molar-refractivity contribution < 1.29 is 4.79 Å². The number of aryl methyl sites for hydroxylation is 1. The molecule has 0 atom stereocenters. The maximum atomic E-state index is 12.1. The Labute approximate surface area is 112 Å². The molecule has 0 fully saturated rings. The summed E-state index contributed by atoms with van der Waals surface area (Å²) in [4.78, 5) is 16.3. The molecule has 0 saturated heterocycles. The zero-order valence-corrected chi connectivity index (χ0v) is 10.9. The second kappa shape index (κ2) is 4.73. The van der Waals surface area contributed by atoms with Gasteiger partial charge in [-0.25, -0.2) is 9.50 Å². The summed E-state index contributed by atoms with van der Waals surface area (Å²) >= 11 is 1.36. The predicted octanol–water partition coefficient (Wildman–Crippen LogP) is 1.40. The topological polar surface area (TPSA) is 85.1 Å². The molecule has 0 radical (unpaired) electrons. The fourth-order valence-electron chi connectivity index (χ4n) is 1.60. The second-order valence-electron chi connectivity index (χ2n) is 3.75. The van der Waals surface area contributed by atoms with Crippen LogP contribution < -0.4 is 5.32 Å². The van der Waals surface area contributed by atoms with Gasteiger partial charge < -0.3 is 0 Å². The highest BCUT2D eigenvalue weighted by molar-refractivity contribution is 7.15. The standard InChI is InChI=1S/C11H10N6OS/c1-2-8-15-16-11(19-8)14-10(18)7-6-13-17-5-3-4-12-9(7)17/h3-6H,2H2,1H3,(H,14,16,18). The van der Waals surface area contributed by atoms with Crippen molar-refractivity contribution in [1.29, 1.82) is 0 Å². The molecule has 0 aliphatic carbocycles. The molecule has 0 saturated carbocycles. The lowest BCUT2D eigenvalue weighted by atomic mass is 10.3. The van der Waals surface area contributed by atoms with Gasteiger partial charge in [-0.3, -0.25) is 10.1 Å². The molecule has 1 amide bonds. The van der Waals surface area contributed by atoms with Gasteiger partial charge in [0, 0.05) is 12.4 Å². The SMILES string of the molecule is CCc1nnc(NC(=O)c2cnn3cccnc23)s1. The van der Waals surface area contributed by atoms with E-state index in [0.717, 1.165) is 11.4 Å². The number of amides is 1. The van der Waals surface area contributed by atoms with Crippen LogP contribution in [0.1, 0.15) is 22.3 Å². The number of hydrogen-bond donors (Lipinski definition) is 1. The van der Waals surface area contributed by atoms with Gasteiger partial charge in [0.05, 0.1) is 6.20 Å². The second-order valence-corrected chi connectivity index (χ2v) is 4.82. The molecule has 0 aliphatic heterocycles. The highest BCUT2D eigenvalue weighted by Gasteiger charge is 2.15. The Hall–Kier alpha value is -2.35. The van der Waals surface area contributed by atoms with Gasteiger partial charge in [0.1, 0.15) is 10.6 Å². The number of aromatic nitrogens is 5. The molecule has 0 bridgehead atoms. The molecule has 3 rings (SSSR count). The van der Waals surface area contributed by atoms with Crippen LogP contribution in [-0.4, -0.2) is 30.7 Å². The third kappa shape index (κ3) is 2.17. The number of rotatable bonds is 3. The number of carbonyl (C=O) groups is 1. The van der Waals surface area contributed by atoms with E-state index in [4.69, 9.17) is 0 Å². The van der Waals surface area contributed by atoms with Crippen molar-refractivity contribution >= 4 is 28.0 Å². The zero-order valence-electron chi connectivity index (χ0n) is 10.1. The molecule has 3 aromatic rings. The van der Waals surface area contributed by atoms with Crippen molar-refractivity contribution in [2.75, 3.05) is 5.32 Å². The van der Waals surface area contributed by atoms with E-state index in [1.54, 1.807) is 23.0 Å². The molecule has 0 aromatic carbocycles. The Morgan fingerprint density at radius 1 is 1.47 bits per heavy atom. The average Bonchev–Trinajstić information content (AvgIpc) is 3.04. The molecule has 1 N–H and O–H groups in total. The van der Waals surface area contributed by atoms with Crippen LogP contribution in [0.15, 0.2) is 24.7 Å². The van der Waals surface area contributed by atoms with E-state index in [1.807, 2.05) is 6.92 Å². The van der Waals surface area contributed by atoms with E-state index in [0.29, 0.717) is 16.3 Å². The molecule has 3 aromatic heterocycles. The van der Waals surface area contributed by atoms with Crippen LogP contribution in [0.2, 0.25) is 0 Å². The quantitative estimate of drug-likeness (QED) is 0.780.